The van der Waals surface area contributed by atoms with Crippen LogP contribution in [0.25, 0.3) is 0 Å². The van der Waals surface area contributed by atoms with Crippen LogP contribution >= 0.6 is 0 Å². The molecule has 1 aliphatic rings. The molecule has 0 saturated carbocycles. The van der Waals surface area contributed by atoms with Crippen LogP contribution in [0.4, 0.5) is 0 Å². The van der Waals surface area contributed by atoms with Crippen molar-refractivity contribution in [3.8, 4) is 0 Å². The van der Waals surface area contributed by atoms with Crippen LogP contribution in [0, 0.1) is 5.92 Å². The van der Waals surface area contributed by atoms with Gasteiger partial charge in [0, 0.05) is 19.6 Å². The van der Waals surface area contributed by atoms with Crippen molar-refractivity contribution in [1.82, 2.24) is 4.90 Å². The van der Waals surface area contributed by atoms with E-state index in [1.54, 1.807) is 0 Å². The number of rotatable bonds is 4. The SMILES string of the molecule is CC(C)CCCN=C(N)N1CCCCC1. The molecule has 0 bridgehead atoms. The maximum absolute atomic E-state index is 5.94. The Kier molecular flexibility index (Phi) is 5.51. The Morgan fingerprint density at radius 2 is 1.93 bits per heavy atom. The molecule has 0 aromatic rings. The largest absolute Gasteiger partial charge is 0.370 e. The summed E-state index contributed by atoms with van der Waals surface area (Å²) < 4.78 is 0. The minimum Gasteiger partial charge on any atom is -0.370 e. The molecule has 0 spiro atoms. The molecular weight excluding hydrogens is 186 g/mol. The van der Waals surface area contributed by atoms with Crippen molar-refractivity contribution >= 4 is 5.96 Å². The summed E-state index contributed by atoms with van der Waals surface area (Å²) in [7, 11) is 0. The lowest BCUT2D eigenvalue weighted by molar-refractivity contribution is 0.338. The molecule has 15 heavy (non-hydrogen) atoms. The Bertz CT molecular complexity index is 193. The lowest BCUT2D eigenvalue weighted by Gasteiger charge is -2.27. The molecule has 1 saturated heterocycles. The molecule has 88 valence electrons. The molecule has 0 aromatic heterocycles. The van der Waals surface area contributed by atoms with E-state index in [9.17, 15) is 0 Å². The van der Waals surface area contributed by atoms with E-state index in [-0.39, 0.29) is 0 Å². The van der Waals surface area contributed by atoms with Crippen molar-refractivity contribution in [3.63, 3.8) is 0 Å². The van der Waals surface area contributed by atoms with E-state index < -0.39 is 0 Å². The van der Waals surface area contributed by atoms with Gasteiger partial charge in [-0.25, -0.2) is 0 Å². The molecule has 0 amide bonds. The van der Waals surface area contributed by atoms with E-state index in [0.717, 1.165) is 37.9 Å². The molecule has 1 fully saturated rings. The summed E-state index contributed by atoms with van der Waals surface area (Å²) >= 11 is 0. The van der Waals surface area contributed by atoms with Crippen LogP contribution in [0.5, 0.6) is 0 Å². The molecule has 1 aliphatic heterocycles. The predicted molar refractivity (Wildman–Crippen MR) is 66.0 cm³/mol. The second kappa shape index (κ2) is 6.70. The first-order chi connectivity index (χ1) is 7.20. The normalized spacial score (nSPS) is 18.6. The van der Waals surface area contributed by atoms with Crippen LogP contribution in [0.15, 0.2) is 4.99 Å². The summed E-state index contributed by atoms with van der Waals surface area (Å²) in [6.07, 6.45) is 6.28. The van der Waals surface area contributed by atoms with E-state index in [0.29, 0.717) is 0 Å². The van der Waals surface area contributed by atoms with Gasteiger partial charge in [-0.3, -0.25) is 4.99 Å². The fraction of sp³-hybridized carbons (Fsp3) is 0.917. The Morgan fingerprint density at radius 3 is 2.53 bits per heavy atom. The first-order valence-corrected chi connectivity index (χ1v) is 6.25. The van der Waals surface area contributed by atoms with Gasteiger partial charge in [0.1, 0.15) is 0 Å². The second-order valence-electron chi connectivity index (χ2n) is 4.82. The average Bonchev–Trinajstić information content (AvgIpc) is 2.25. The first-order valence-electron chi connectivity index (χ1n) is 6.25. The monoisotopic (exact) mass is 211 g/mol. The van der Waals surface area contributed by atoms with Gasteiger partial charge < -0.3 is 10.6 Å². The number of aliphatic imine (C=N–C) groups is 1. The number of nitrogens with zero attached hydrogens (tertiary/aromatic N) is 2. The third kappa shape index (κ3) is 5.05. The van der Waals surface area contributed by atoms with Crippen LogP contribution in [-0.2, 0) is 0 Å². The predicted octanol–water partition coefficient (Wildman–Crippen LogP) is 2.22. The van der Waals surface area contributed by atoms with Gasteiger partial charge in [-0.15, -0.1) is 0 Å². The maximum Gasteiger partial charge on any atom is 0.191 e. The van der Waals surface area contributed by atoms with Crippen LogP contribution < -0.4 is 5.73 Å². The quantitative estimate of drug-likeness (QED) is 0.440. The van der Waals surface area contributed by atoms with E-state index >= 15 is 0 Å². The molecule has 1 heterocycles. The van der Waals surface area contributed by atoms with E-state index in [1.165, 1.54) is 25.7 Å². The highest BCUT2D eigenvalue weighted by Crippen LogP contribution is 2.08. The topological polar surface area (TPSA) is 41.6 Å². The van der Waals surface area contributed by atoms with Crippen molar-refractivity contribution in [2.45, 2.75) is 46.0 Å². The van der Waals surface area contributed by atoms with Crippen LogP contribution in [0.2, 0.25) is 0 Å². The van der Waals surface area contributed by atoms with Crippen LogP contribution in [0.3, 0.4) is 0 Å². The van der Waals surface area contributed by atoms with E-state index in [2.05, 4.69) is 23.7 Å². The smallest absolute Gasteiger partial charge is 0.191 e. The summed E-state index contributed by atoms with van der Waals surface area (Å²) in [6.45, 7) is 7.58. The highest BCUT2D eigenvalue weighted by atomic mass is 15.2. The number of hydrogen-bond acceptors (Lipinski definition) is 1. The molecule has 1 rings (SSSR count). The first kappa shape index (κ1) is 12.3. The third-order valence-electron chi connectivity index (χ3n) is 2.89. The van der Waals surface area contributed by atoms with Crippen molar-refractivity contribution in [1.29, 1.82) is 0 Å². The zero-order valence-corrected chi connectivity index (χ0v) is 10.2. The minimum absolute atomic E-state index is 0.762. The highest BCUT2D eigenvalue weighted by Gasteiger charge is 2.11. The Morgan fingerprint density at radius 1 is 1.27 bits per heavy atom. The Labute approximate surface area is 93.7 Å². The lowest BCUT2D eigenvalue weighted by atomic mass is 10.1. The molecule has 0 aromatic carbocycles. The van der Waals surface area contributed by atoms with Gasteiger partial charge in [0.15, 0.2) is 5.96 Å². The molecule has 3 heteroatoms. The van der Waals surface area contributed by atoms with Crippen LogP contribution in [0.1, 0.15) is 46.0 Å². The standard InChI is InChI=1S/C12H25N3/c1-11(2)7-6-8-14-12(13)15-9-4-3-5-10-15/h11H,3-10H2,1-2H3,(H2,13,14). The number of likely N-dealkylation sites (tertiary alicyclic amines) is 1. The fourth-order valence-electron chi connectivity index (χ4n) is 1.92. The van der Waals surface area contributed by atoms with Gasteiger partial charge in [0.05, 0.1) is 0 Å². The minimum atomic E-state index is 0.762. The zero-order chi connectivity index (χ0) is 11.1. The molecule has 0 radical (unpaired) electrons. The lowest BCUT2D eigenvalue weighted by Crippen LogP contribution is -2.40. The second-order valence-corrected chi connectivity index (χ2v) is 4.82. The van der Waals surface area contributed by atoms with E-state index in [1.807, 2.05) is 0 Å². The Balaban J connectivity index is 2.19. The summed E-state index contributed by atoms with van der Waals surface area (Å²) in [5.41, 5.74) is 5.94. The fourth-order valence-corrected chi connectivity index (χ4v) is 1.92. The molecule has 0 atom stereocenters. The van der Waals surface area contributed by atoms with Gasteiger partial charge in [0.2, 0.25) is 0 Å². The number of nitrogens with two attached hydrogens (primary N) is 1. The molecule has 2 N–H and O–H groups in total. The van der Waals surface area contributed by atoms with Crippen molar-refractivity contribution < 1.29 is 0 Å². The summed E-state index contributed by atoms with van der Waals surface area (Å²) in [5, 5.41) is 0. The van der Waals surface area contributed by atoms with Gasteiger partial charge >= 0.3 is 0 Å². The summed E-state index contributed by atoms with van der Waals surface area (Å²) in [6, 6.07) is 0. The third-order valence-corrected chi connectivity index (χ3v) is 2.89. The number of piperidine rings is 1. The van der Waals surface area contributed by atoms with Crippen molar-refractivity contribution in [3.05, 3.63) is 0 Å². The van der Waals surface area contributed by atoms with Crippen molar-refractivity contribution in [2.75, 3.05) is 19.6 Å². The molecule has 3 nitrogen and oxygen atoms in total. The molecule has 0 aliphatic carbocycles. The summed E-state index contributed by atoms with van der Waals surface area (Å²) in [5.74, 6) is 1.54. The summed E-state index contributed by atoms with van der Waals surface area (Å²) in [4.78, 5) is 6.66. The van der Waals surface area contributed by atoms with Gasteiger partial charge in [-0.1, -0.05) is 13.8 Å². The van der Waals surface area contributed by atoms with Crippen LogP contribution in [-0.4, -0.2) is 30.5 Å². The highest BCUT2D eigenvalue weighted by molar-refractivity contribution is 5.78. The van der Waals surface area contributed by atoms with E-state index in [4.69, 9.17) is 5.73 Å². The number of hydrogen-bond donors (Lipinski definition) is 1. The van der Waals surface area contributed by atoms with Gasteiger partial charge in [0.25, 0.3) is 0 Å². The maximum atomic E-state index is 5.94. The molecule has 0 unspecified atom stereocenters. The zero-order valence-electron chi connectivity index (χ0n) is 10.2. The number of guanidine groups is 1. The Hall–Kier alpha value is -0.730. The molecular formula is C12H25N3. The van der Waals surface area contributed by atoms with Gasteiger partial charge in [-0.05, 0) is 38.0 Å². The van der Waals surface area contributed by atoms with Crippen molar-refractivity contribution in [2.24, 2.45) is 16.6 Å². The average molecular weight is 211 g/mol. The van der Waals surface area contributed by atoms with Gasteiger partial charge in [-0.2, -0.15) is 0 Å².